The zero-order chi connectivity index (χ0) is 16.6. The number of nitrogens with one attached hydrogen (secondary N) is 1. The van der Waals surface area contributed by atoms with Gasteiger partial charge in [0.2, 0.25) is 0 Å². The second-order valence-electron chi connectivity index (χ2n) is 8.42. The summed E-state index contributed by atoms with van der Waals surface area (Å²) in [5.41, 5.74) is 1.63. The molecule has 4 rings (SSSR count). The number of likely N-dealkylation sites (tertiary alicyclic amines) is 1. The van der Waals surface area contributed by atoms with Gasteiger partial charge in [-0.3, -0.25) is 4.90 Å². The lowest BCUT2D eigenvalue weighted by Gasteiger charge is -2.44. The van der Waals surface area contributed by atoms with Gasteiger partial charge in [0.1, 0.15) is 12.2 Å². The Morgan fingerprint density at radius 2 is 1.83 bits per heavy atom. The van der Waals surface area contributed by atoms with E-state index in [-0.39, 0.29) is 5.60 Å². The Morgan fingerprint density at radius 3 is 2.58 bits per heavy atom. The maximum atomic E-state index is 6.24. The van der Waals surface area contributed by atoms with Crippen LogP contribution in [0.1, 0.15) is 45.1 Å². The van der Waals surface area contributed by atoms with Crippen molar-refractivity contribution in [1.82, 2.24) is 10.2 Å². The third kappa shape index (κ3) is 3.27. The Morgan fingerprint density at radius 1 is 1.08 bits per heavy atom. The van der Waals surface area contributed by atoms with Crippen LogP contribution in [0.5, 0.6) is 11.5 Å². The highest BCUT2D eigenvalue weighted by molar-refractivity contribution is 5.48. The fourth-order valence-electron chi connectivity index (χ4n) is 4.36. The Balaban J connectivity index is 1.44. The maximum Gasteiger partial charge on any atom is 0.166 e. The molecule has 0 radical (unpaired) electrons. The number of benzene rings is 1. The molecule has 132 valence electrons. The molecule has 0 aromatic heterocycles. The van der Waals surface area contributed by atoms with E-state index in [0.717, 1.165) is 18.0 Å². The molecule has 0 bridgehead atoms. The first-order valence-electron chi connectivity index (χ1n) is 9.42. The van der Waals surface area contributed by atoms with Crippen LogP contribution in [0.15, 0.2) is 18.2 Å². The minimum absolute atomic E-state index is 0.246. The summed E-state index contributed by atoms with van der Waals surface area (Å²) >= 11 is 0. The molecular weight excluding hydrogens is 300 g/mol. The number of nitrogens with zero attached hydrogens (tertiary/aromatic N) is 1. The van der Waals surface area contributed by atoms with Gasteiger partial charge in [0.15, 0.2) is 11.5 Å². The van der Waals surface area contributed by atoms with Gasteiger partial charge in [-0.25, -0.2) is 0 Å². The summed E-state index contributed by atoms with van der Waals surface area (Å²) in [7, 11) is 0. The van der Waals surface area contributed by atoms with Gasteiger partial charge in [-0.05, 0) is 77.2 Å². The molecule has 0 amide bonds. The monoisotopic (exact) mass is 330 g/mol. The second kappa shape index (κ2) is 6.23. The number of fused-ring (bicyclic) bond motifs is 1. The fourth-order valence-corrected chi connectivity index (χ4v) is 4.36. The number of hydrogen-bond donors (Lipinski definition) is 1. The Labute approximate surface area is 145 Å². The third-order valence-electron chi connectivity index (χ3n) is 5.99. The first-order chi connectivity index (χ1) is 11.6. The van der Waals surface area contributed by atoms with Crippen molar-refractivity contribution < 1.29 is 9.47 Å². The molecule has 4 heteroatoms. The molecule has 3 aliphatic heterocycles. The smallest absolute Gasteiger partial charge is 0.166 e. The average Bonchev–Trinajstić information content (AvgIpc) is 2.58. The SMILES string of the molecule is CC1(C)COc2cccc(CN3CCC4(CCNCC4)CC3)c2O1. The standard InChI is InChI=1S/C20H30N2O2/c1-19(2)15-23-17-5-3-4-16(18(17)24-19)14-22-12-8-20(9-13-22)6-10-21-11-7-20/h3-5,21H,6-15H2,1-2H3. The van der Waals surface area contributed by atoms with Crippen LogP contribution in [0.2, 0.25) is 0 Å². The van der Waals surface area contributed by atoms with Gasteiger partial charge >= 0.3 is 0 Å². The average molecular weight is 330 g/mol. The van der Waals surface area contributed by atoms with Crippen LogP contribution in [0, 0.1) is 5.41 Å². The largest absolute Gasteiger partial charge is 0.486 e. The van der Waals surface area contributed by atoms with Crippen LogP contribution in [0.3, 0.4) is 0 Å². The van der Waals surface area contributed by atoms with E-state index >= 15 is 0 Å². The predicted octanol–water partition coefficient (Wildman–Crippen LogP) is 3.20. The van der Waals surface area contributed by atoms with Crippen LogP contribution in [0.4, 0.5) is 0 Å². The summed E-state index contributed by atoms with van der Waals surface area (Å²) in [5.74, 6) is 1.86. The third-order valence-corrected chi connectivity index (χ3v) is 5.99. The molecule has 1 N–H and O–H groups in total. The Hall–Kier alpha value is -1.26. The lowest BCUT2D eigenvalue weighted by molar-refractivity contribution is 0.0183. The quantitative estimate of drug-likeness (QED) is 0.903. The van der Waals surface area contributed by atoms with E-state index in [1.165, 1.54) is 57.4 Å². The van der Waals surface area contributed by atoms with Crippen molar-refractivity contribution in [2.45, 2.75) is 51.7 Å². The lowest BCUT2D eigenvalue weighted by atomic mass is 9.71. The number of rotatable bonds is 2. The van der Waals surface area contributed by atoms with Crippen LogP contribution >= 0.6 is 0 Å². The molecule has 1 aromatic carbocycles. The Kier molecular flexibility index (Phi) is 4.21. The molecule has 4 nitrogen and oxygen atoms in total. The molecule has 1 spiro atoms. The zero-order valence-electron chi connectivity index (χ0n) is 15.1. The molecule has 0 atom stereocenters. The molecule has 3 aliphatic rings. The second-order valence-corrected chi connectivity index (χ2v) is 8.42. The molecule has 0 saturated carbocycles. The number of hydrogen-bond acceptors (Lipinski definition) is 4. The molecule has 1 aromatic rings. The highest BCUT2D eigenvalue weighted by atomic mass is 16.6. The summed E-state index contributed by atoms with van der Waals surface area (Å²) in [4.78, 5) is 2.59. The minimum atomic E-state index is -0.246. The minimum Gasteiger partial charge on any atom is -0.486 e. The molecule has 2 fully saturated rings. The van der Waals surface area contributed by atoms with Gasteiger partial charge in [-0.2, -0.15) is 0 Å². The van der Waals surface area contributed by atoms with Crippen LogP contribution in [0.25, 0.3) is 0 Å². The van der Waals surface area contributed by atoms with Gasteiger partial charge < -0.3 is 14.8 Å². The summed E-state index contributed by atoms with van der Waals surface area (Å²) in [6, 6.07) is 6.31. The van der Waals surface area contributed by atoms with E-state index in [0.29, 0.717) is 12.0 Å². The van der Waals surface area contributed by atoms with Crippen molar-refractivity contribution in [3.05, 3.63) is 23.8 Å². The summed E-state index contributed by atoms with van der Waals surface area (Å²) in [6.07, 6.45) is 5.39. The van der Waals surface area contributed by atoms with Crippen molar-refractivity contribution in [3.63, 3.8) is 0 Å². The summed E-state index contributed by atoms with van der Waals surface area (Å²) < 4.78 is 12.1. The maximum absolute atomic E-state index is 6.24. The van der Waals surface area contributed by atoms with E-state index in [2.05, 4.69) is 36.2 Å². The van der Waals surface area contributed by atoms with Gasteiger partial charge in [-0.15, -0.1) is 0 Å². The van der Waals surface area contributed by atoms with Crippen molar-refractivity contribution in [2.24, 2.45) is 5.41 Å². The fraction of sp³-hybridized carbons (Fsp3) is 0.700. The number of para-hydroxylation sites is 1. The lowest BCUT2D eigenvalue weighted by Crippen LogP contribution is -2.45. The molecule has 2 saturated heterocycles. The first-order valence-corrected chi connectivity index (χ1v) is 9.42. The predicted molar refractivity (Wildman–Crippen MR) is 95.7 cm³/mol. The Bertz CT molecular complexity index is 583. The van der Waals surface area contributed by atoms with Crippen LogP contribution in [-0.4, -0.2) is 43.3 Å². The highest BCUT2D eigenvalue weighted by Gasteiger charge is 2.36. The van der Waals surface area contributed by atoms with Crippen molar-refractivity contribution >= 4 is 0 Å². The van der Waals surface area contributed by atoms with Crippen LogP contribution in [-0.2, 0) is 6.54 Å². The molecule has 24 heavy (non-hydrogen) atoms. The molecule has 0 aliphatic carbocycles. The van der Waals surface area contributed by atoms with Gasteiger partial charge in [0.05, 0.1) is 0 Å². The van der Waals surface area contributed by atoms with Gasteiger partial charge in [0, 0.05) is 12.1 Å². The van der Waals surface area contributed by atoms with E-state index in [1.807, 2.05) is 6.07 Å². The molecular formula is C20H30N2O2. The summed E-state index contributed by atoms with van der Waals surface area (Å²) in [5, 5.41) is 3.51. The van der Waals surface area contributed by atoms with Crippen molar-refractivity contribution in [2.75, 3.05) is 32.8 Å². The summed E-state index contributed by atoms with van der Waals surface area (Å²) in [6.45, 7) is 10.6. The van der Waals surface area contributed by atoms with Crippen molar-refractivity contribution in [1.29, 1.82) is 0 Å². The van der Waals surface area contributed by atoms with Crippen molar-refractivity contribution in [3.8, 4) is 11.5 Å². The van der Waals surface area contributed by atoms with E-state index in [1.54, 1.807) is 0 Å². The normalized spacial score (nSPS) is 25.6. The first kappa shape index (κ1) is 16.2. The molecule has 0 unspecified atom stereocenters. The van der Waals surface area contributed by atoms with E-state index in [4.69, 9.17) is 9.47 Å². The van der Waals surface area contributed by atoms with Crippen LogP contribution < -0.4 is 14.8 Å². The topological polar surface area (TPSA) is 33.7 Å². The van der Waals surface area contributed by atoms with Gasteiger partial charge in [0.25, 0.3) is 0 Å². The number of piperidine rings is 2. The highest BCUT2D eigenvalue weighted by Crippen LogP contribution is 2.42. The zero-order valence-corrected chi connectivity index (χ0v) is 15.1. The molecule has 3 heterocycles. The van der Waals surface area contributed by atoms with Gasteiger partial charge in [-0.1, -0.05) is 12.1 Å². The van der Waals surface area contributed by atoms with E-state index in [9.17, 15) is 0 Å². The van der Waals surface area contributed by atoms with E-state index < -0.39 is 0 Å². The number of ether oxygens (including phenoxy) is 2.